The molecule has 0 unspecified atom stereocenters. The smallest absolute Gasteiger partial charge is 0.0150 e. The lowest BCUT2D eigenvalue weighted by Gasteiger charge is -2.00. The van der Waals surface area contributed by atoms with Gasteiger partial charge in [-0.3, -0.25) is 0 Å². The van der Waals surface area contributed by atoms with E-state index in [1.165, 1.54) is 16.8 Å². The number of rotatable bonds is 3. The maximum absolute atomic E-state index is 3.22. The lowest BCUT2D eigenvalue weighted by Crippen LogP contribution is -1.91. The first-order valence-electron chi connectivity index (χ1n) is 5.02. The Hall–Kier alpha value is -1.50. The highest BCUT2D eigenvalue weighted by Crippen LogP contribution is 2.07. The second kappa shape index (κ2) is 4.14. The lowest BCUT2D eigenvalue weighted by molar-refractivity contribution is 0.925. The fraction of sp³-hybridized carbons (Fsp3) is 0.231. The van der Waals surface area contributed by atoms with Gasteiger partial charge in [-0.1, -0.05) is 29.8 Å². The minimum absolute atomic E-state index is 1.09. The third-order valence-corrected chi connectivity index (χ3v) is 2.47. The van der Waals surface area contributed by atoms with Crippen LogP contribution in [0.15, 0.2) is 42.6 Å². The van der Waals surface area contributed by atoms with Gasteiger partial charge in [0.15, 0.2) is 0 Å². The van der Waals surface area contributed by atoms with Crippen LogP contribution >= 0.6 is 0 Å². The summed E-state index contributed by atoms with van der Waals surface area (Å²) in [6.45, 7) is 2.12. The summed E-state index contributed by atoms with van der Waals surface area (Å²) in [4.78, 5) is 3.22. The van der Waals surface area contributed by atoms with Crippen LogP contribution in [0.1, 0.15) is 16.8 Å². The van der Waals surface area contributed by atoms with Gasteiger partial charge in [0, 0.05) is 11.9 Å². The van der Waals surface area contributed by atoms with Crippen LogP contribution < -0.4 is 0 Å². The van der Waals surface area contributed by atoms with Crippen LogP contribution in [-0.2, 0) is 12.8 Å². The van der Waals surface area contributed by atoms with Crippen molar-refractivity contribution in [3.05, 3.63) is 59.4 Å². The van der Waals surface area contributed by atoms with E-state index < -0.39 is 0 Å². The molecular weight excluding hydrogens is 170 g/mol. The average molecular weight is 185 g/mol. The van der Waals surface area contributed by atoms with Crippen LogP contribution in [0, 0.1) is 6.92 Å². The van der Waals surface area contributed by atoms with Crippen molar-refractivity contribution < 1.29 is 0 Å². The quantitative estimate of drug-likeness (QED) is 0.756. The maximum atomic E-state index is 3.22. The van der Waals surface area contributed by atoms with E-state index in [9.17, 15) is 0 Å². The molecule has 1 nitrogen and oxygen atoms in total. The van der Waals surface area contributed by atoms with Gasteiger partial charge in [0.25, 0.3) is 0 Å². The molecule has 1 aromatic heterocycles. The van der Waals surface area contributed by atoms with Gasteiger partial charge in [0.2, 0.25) is 0 Å². The fourth-order valence-corrected chi connectivity index (χ4v) is 1.56. The number of hydrogen-bond acceptors (Lipinski definition) is 0. The number of H-pyrrole nitrogens is 1. The van der Waals surface area contributed by atoms with Crippen molar-refractivity contribution in [2.45, 2.75) is 19.8 Å². The zero-order valence-corrected chi connectivity index (χ0v) is 8.46. The molecule has 0 aliphatic carbocycles. The molecule has 1 N–H and O–H groups in total. The summed E-state index contributed by atoms with van der Waals surface area (Å²) in [5.41, 5.74) is 4.05. The maximum Gasteiger partial charge on any atom is 0.0150 e. The van der Waals surface area contributed by atoms with Gasteiger partial charge >= 0.3 is 0 Å². The topological polar surface area (TPSA) is 15.8 Å². The summed E-state index contributed by atoms with van der Waals surface area (Å²) in [5.74, 6) is 0. The summed E-state index contributed by atoms with van der Waals surface area (Å²) < 4.78 is 0. The van der Waals surface area contributed by atoms with Gasteiger partial charge in [0.1, 0.15) is 0 Å². The molecule has 0 saturated heterocycles. The van der Waals surface area contributed by atoms with Crippen LogP contribution in [0.5, 0.6) is 0 Å². The Morgan fingerprint density at radius 2 is 1.79 bits per heavy atom. The third-order valence-electron chi connectivity index (χ3n) is 2.47. The molecule has 0 amide bonds. The van der Waals surface area contributed by atoms with Crippen molar-refractivity contribution >= 4 is 0 Å². The summed E-state index contributed by atoms with van der Waals surface area (Å²) in [6.07, 6.45) is 4.18. The van der Waals surface area contributed by atoms with E-state index in [-0.39, 0.29) is 0 Å². The second-order valence-electron chi connectivity index (χ2n) is 3.68. The Balaban J connectivity index is 1.95. The van der Waals surface area contributed by atoms with E-state index in [2.05, 4.69) is 42.2 Å². The average Bonchev–Trinajstić information content (AvgIpc) is 2.70. The highest BCUT2D eigenvalue weighted by atomic mass is 14.7. The van der Waals surface area contributed by atoms with E-state index in [4.69, 9.17) is 0 Å². The SMILES string of the molecule is Cc1ccc(CCc2ccc[nH]2)cc1. The van der Waals surface area contributed by atoms with Gasteiger partial charge in [-0.2, -0.15) is 0 Å². The van der Waals surface area contributed by atoms with Crippen LogP contribution in [0.25, 0.3) is 0 Å². The Labute approximate surface area is 84.8 Å². The molecule has 14 heavy (non-hydrogen) atoms. The van der Waals surface area contributed by atoms with Crippen molar-refractivity contribution in [3.8, 4) is 0 Å². The largest absolute Gasteiger partial charge is 0.365 e. The molecule has 0 aliphatic heterocycles. The molecule has 2 aromatic rings. The van der Waals surface area contributed by atoms with Crippen molar-refractivity contribution in [2.24, 2.45) is 0 Å². The molecule has 0 aliphatic rings. The zero-order valence-electron chi connectivity index (χ0n) is 8.46. The number of aryl methyl sites for hydroxylation is 3. The first kappa shape index (κ1) is 9.07. The van der Waals surface area contributed by atoms with Gasteiger partial charge in [-0.25, -0.2) is 0 Å². The monoisotopic (exact) mass is 185 g/mol. The number of benzene rings is 1. The molecule has 72 valence electrons. The summed E-state index contributed by atoms with van der Waals surface area (Å²) in [7, 11) is 0. The van der Waals surface area contributed by atoms with Crippen LogP contribution in [0.2, 0.25) is 0 Å². The minimum Gasteiger partial charge on any atom is -0.365 e. The molecule has 0 fully saturated rings. The van der Waals surface area contributed by atoms with Crippen molar-refractivity contribution in [3.63, 3.8) is 0 Å². The van der Waals surface area contributed by atoms with Gasteiger partial charge in [0.05, 0.1) is 0 Å². The van der Waals surface area contributed by atoms with Crippen molar-refractivity contribution in [1.29, 1.82) is 0 Å². The molecular formula is C13H15N. The number of aromatic amines is 1. The standard InChI is InChI=1S/C13H15N/c1-11-4-6-12(7-5-11)8-9-13-3-2-10-14-13/h2-7,10,14H,8-9H2,1H3. The van der Waals surface area contributed by atoms with Crippen LogP contribution in [0.4, 0.5) is 0 Å². The normalized spacial score (nSPS) is 10.4. The third kappa shape index (κ3) is 2.25. The molecule has 2 rings (SSSR count). The molecule has 0 atom stereocenters. The second-order valence-corrected chi connectivity index (χ2v) is 3.68. The lowest BCUT2D eigenvalue weighted by atomic mass is 10.1. The van der Waals surface area contributed by atoms with Gasteiger partial charge in [-0.05, 0) is 37.5 Å². The van der Waals surface area contributed by atoms with Crippen LogP contribution in [0.3, 0.4) is 0 Å². The highest BCUT2D eigenvalue weighted by molar-refractivity contribution is 5.22. The van der Waals surface area contributed by atoms with E-state index in [0.29, 0.717) is 0 Å². The first-order valence-corrected chi connectivity index (χ1v) is 5.02. The number of hydrogen-bond donors (Lipinski definition) is 1. The predicted octanol–water partition coefficient (Wildman–Crippen LogP) is 3.11. The molecule has 0 saturated carbocycles. The van der Waals surface area contributed by atoms with Crippen molar-refractivity contribution in [2.75, 3.05) is 0 Å². The zero-order chi connectivity index (χ0) is 9.80. The van der Waals surface area contributed by atoms with E-state index in [0.717, 1.165) is 12.8 Å². The molecule has 0 bridgehead atoms. The highest BCUT2D eigenvalue weighted by Gasteiger charge is 1.95. The summed E-state index contributed by atoms with van der Waals surface area (Å²) in [5, 5.41) is 0. The predicted molar refractivity (Wildman–Crippen MR) is 59.4 cm³/mol. The molecule has 1 aromatic carbocycles. The summed E-state index contributed by atoms with van der Waals surface area (Å²) >= 11 is 0. The number of nitrogens with one attached hydrogen (secondary N) is 1. The Morgan fingerprint density at radius 3 is 2.43 bits per heavy atom. The molecule has 1 heteroatoms. The Kier molecular flexibility index (Phi) is 2.68. The van der Waals surface area contributed by atoms with Crippen LogP contribution in [-0.4, -0.2) is 4.98 Å². The fourth-order valence-electron chi connectivity index (χ4n) is 1.56. The first-order chi connectivity index (χ1) is 6.84. The minimum atomic E-state index is 1.09. The van der Waals surface area contributed by atoms with Crippen molar-refractivity contribution in [1.82, 2.24) is 4.98 Å². The Bertz CT molecular complexity index is 370. The molecule has 1 heterocycles. The van der Waals surface area contributed by atoms with E-state index in [1.54, 1.807) is 0 Å². The Morgan fingerprint density at radius 1 is 1.00 bits per heavy atom. The summed E-state index contributed by atoms with van der Waals surface area (Å²) in [6, 6.07) is 12.9. The molecule has 0 radical (unpaired) electrons. The molecule has 0 spiro atoms. The van der Waals surface area contributed by atoms with Gasteiger partial charge < -0.3 is 4.98 Å². The number of aromatic nitrogens is 1. The van der Waals surface area contributed by atoms with E-state index in [1.807, 2.05) is 12.3 Å². The van der Waals surface area contributed by atoms with E-state index >= 15 is 0 Å². The van der Waals surface area contributed by atoms with Gasteiger partial charge in [-0.15, -0.1) is 0 Å².